The minimum atomic E-state index is -4.31. The fourth-order valence-corrected chi connectivity index (χ4v) is 1.35. The van der Waals surface area contributed by atoms with Crippen LogP contribution in [0.5, 0.6) is 0 Å². The van der Waals surface area contributed by atoms with E-state index in [2.05, 4.69) is 20.0 Å². The maximum atomic E-state index is 11.8. The molecular formula is C10H13ClF3N3O. The monoisotopic (exact) mass is 283 g/mol. The Bertz CT molecular complexity index is 412. The van der Waals surface area contributed by atoms with Crippen LogP contribution in [-0.4, -0.2) is 35.9 Å². The van der Waals surface area contributed by atoms with E-state index in [0.29, 0.717) is 17.2 Å². The molecule has 102 valence electrons. The minimum absolute atomic E-state index is 0.0928. The van der Waals surface area contributed by atoms with Crippen molar-refractivity contribution >= 4 is 17.4 Å². The first-order valence-electron chi connectivity index (χ1n) is 5.18. The topological polar surface area (TPSA) is 47.0 Å². The lowest BCUT2D eigenvalue weighted by molar-refractivity contribution is -0.172. The van der Waals surface area contributed by atoms with Crippen molar-refractivity contribution in [1.82, 2.24) is 9.97 Å². The summed E-state index contributed by atoms with van der Waals surface area (Å²) < 4.78 is 39.8. The van der Waals surface area contributed by atoms with E-state index in [0.717, 1.165) is 0 Å². The van der Waals surface area contributed by atoms with Gasteiger partial charge in [-0.25, -0.2) is 9.97 Å². The highest BCUT2D eigenvalue weighted by molar-refractivity contribution is 6.31. The smallest absolute Gasteiger partial charge is 0.370 e. The molecule has 0 aliphatic heterocycles. The third-order valence-electron chi connectivity index (χ3n) is 2.07. The summed E-state index contributed by atoms with van der Waals surface area (Å²) in [6, 6.07) is 0. The van der Waals surface area contributed by atoms with Gasteiger partial charge in [0.2, 0.25) is 0 Å². The van der Waals surface area contributed by atoms with Crippen molar-refractivity contribution in [2.75, 3.05) is 25.1 Å². The number of anilines is 1. The summed E-state index contributed by atoms with van der Waals surface area (Å²) in [5, 5.41) is 2.96. The molecular weight excluding hydrogens is 271 g/mol. The van der Waals surface area contributed by atoms with E-state index in [1.54, 1.807) is 13.8 Å². The first-order valence-corrected chi connectivity index (χ1v) is 5.56. The summed E-state index contributed by atoms with van der Waals surface area (Å²) in [5.74, 6) is 0.343. The average Bonchev–Trinajstić information content (AvgIpc) is 2.23. The number of hydrogen-bond donors (Lipinski definition) is 1. The molecule has 8 heteroatoms. The van der Waals surface area contributed by atoms with Crippen LogP contribution in [0.4, 0.5) is 19.0 Å². The van der Waals surface area contributed by atoms with Gasteiger partial charge in [0.15, 0.2) is 11.0 Å². The zero-order valence-corrected chi connectivity index (χ0v) is 10.7. The van der Waals surface area contributed by atoms with Crippen LogP contribution in [0.1, 0.15) is 11.4 Å². The number of nitrogens with one attached hydrogen (secondary N) is 1. The van der Waals surface area contributed by atoms with Crippen LogP contribution in [0.15, 0.2) is 0 Å². The molecule has 0 saturated heterocycles. The van der Waals surface area contributed by atoms with Gasteiger partial charge in [0, 0.05) is 6.54 Å². The van der Waals surface area contributed by atoms with E-state index in [1.807, 2.05) is 0 Å². The molecule has 0 spiro atoms. The van der Waals surface area contributed by atoms with Gasteiger partial charge >= 0.3 is 6.18 Å². The Balaban J connectivity index is 2.38. The van der Waals surface area contributed by atoms with Crippen LogP contribution >= 0.6 is 11.6 Å². The third-order valence-corrected chi connectivity index (χ3v) is 2.33. The number of halogens is 4. The second-order valence-electron chi connectivity index (χ2n) is 3.63. The molecule has 4 nitrogen and oxygen atoms in total. The van der Waals surface area contributed by atoms with Crippen LogP contribution < -0.4 is 5.32 Å². The van der Waals surface area contributed by atoms with Gasteiger partial charge in [0.05, 0.1) is 18.0 Å². The summed E-state index contributed by atoms with van der Waals surface area (Å²) >= 11 is 5.83. The first kappa shape index (κ1) is 15.0. The van der Waals surface area contributed by atoms with Gasteiger partial charge in [-0.05, 0) is 13.8 Å². The Morgan fingerprint density at radius 2 is 1.83 bits per heavy atom. The zero-order valence-electron chi connectivity index (χ0n) is 9.94. The number of nitrogens with zero attached hydrogens (tertiary/aromatic N) is 2. The number of rotatable bonds is 5. The lowest BCUT2D eigenvalue weighted by Crippen LogP contribution is -2.20. The van der Waals surface area contributed by atoms with E-state index in [4.69, 9.17) is 11.6 Å². The predicted molar refractivity (Wildman–Crippen MR) is 61.9 cm³/mol. The van der Waals surface area contributed by atoms with Crippen molar-refractivity contribution in [2.24, 2.45) is 0 Å². The van der Waals surface area contributed by atoms with Crippen LogP contribution in [0, 0.1) is 13.8 Å². The summed E-state index contributed by atoms with van der Waals surface area (Å²) in [5.41, 5.74) is 1.41. The predicted octanol–water partition coefficient (Wildman–Crippen LogP) is 2.74. The van der Waals surface area contributed by atoms with Crippen molar-refractivity contribution in [2.45, 2.75) is 20.0 Å². The highest BCUT2D eigenvalue weighted by Crippen LogP contribution is 2.18. The van der Waals surface area contributed by atoms with Crippen LogP contribution in [0.25, 0.3) is 0 Å². The molecule has 1 rings (SSSR count). The Morgan fingerprint density at radius 3 is 2.44 bits per heavy atom. The summed E-state index contributed by atoms with van der Waals surface area (Å²) in [6.07, 6.45) is -4.31. The Kier molecular flexibility index (Phi) is 5.15. The van der Waals surface area contributed by atoms with Gasteiger partial charge in [-0.2, -0.15) is 13.2 Å². The maximum Gasteiger partial charge on any atom is 0.411 e. The molecule has 1 aromatic rings. The van der Waals surface area contributed by atoms with Crippen molar-refractivity contribution in [1.29, 1.82) is 0 Å². The molecule has 0 aliphatic carbocycles. The fraction of sp³-hybridized carbons (Fsp3) is 0.600. The van der Waals surface area contributed by atoms with E-state index in [9.17, 15) is 13.2 Å². The van der Waals surface area contributed by atoms with Crippen molar-refractivity contribution in [3.63, 3.8) is 0 Å². The highest BCUT2D eigenvalue weighted by Gasteiger charge is 2.27. The molecule has 18 heavy (non-hydrogen) atoms. The Labute approximate surface area is 108 Å². The molecule has 0 aromatic carbocycles. The van der Waals surface area contributed by atoms with Gasteiger partial charge in [-0.1, -0.05) is 11.6 Å². The molecule has 0 atom stereocenters. The number of alkyl halides is 3. The summed E-state index contributed by atoms with van der Waals surface area (Å²) in [7, 11) is 0. The number of aromatic nitrogens is 2. The molecule has 0 aliphatic rings. The molecule has 1 aromatic heterocycles. The molecule has 0 amide bonds. The van der Waals surface area contributed by atoms with E-state index in [-0.39, 0.29) is 18.3 Å². The zero-order chi connectivity index (χ0) is 13.8. The molecule has 0 saturated carbocycles. The largest absolute Gasteiger partial charge is 0.411 e. The quantitative estimate of drug-likeness (QED) is 0.844. The molecule has 0 radical (unpaired) electrons. The van der Waals surface area contributed by atoms with Crippen molar-refractivity contribution in [3.05, 3.63) is 16.5 Å². The normalized spacial score (nSPS) is 11.7. The minimum Gasteiger partial charge on any atom is -0.370 e. The molecule has 0 bridgehead atoms. The first-order chi connectivity index (χ1) is 8.29. The second-order valence-corrected chi connectivity index (χ2v) is 3.99. The van der Waals surface area contributed by atoms with Gasteiger partial charge in [-0.15, -0.1) is 0 Å². The highest BCUT2D eigenvalue weighted by atomic mass is 35.5. The number of aryl methyl sites for hydroxylation is 2. The molecule has 1 N–H and O–H groups in total. The number of hydrogen-bond acceptors (Lipinski definition) is 4. The van der Waals surface area contributed by atoms with E-state index >= 15 is 0 Å². The summed E-state index contributed by atoms with van der Waals surface area (Å²) in [4.78, 5) is 8.17. The molecule has 1 heterocycles. The van der Waals surface area contributed by atoms with Crippen molar-refractivity contribution in [3.8, 4) is 0 Å². The van der Waals surface area contributed by atoms with Gasteiger partial charge in [-0.3, -0.25) is 0 Å². The number of ether oxygens (including phenoxy) is 1. The van der Waals surface area contributed by atoms with Crippen LogP contribution in [0.3, 0.4) is 0 Å². The fourth-order valence-electron chi connectivity index (χ4n) is 1.12. The molecule has 0 unspecified atom stereocenters. The van der Waals surface area contributed by atoms with Crippen LogP contribution in [-0.2, 0) is 4.74 Å². The van der Waals surface area contributed by atoms with Crippen LogP contribution in [0.2, 0.25) is 5.15 Å². The second kappa shape index (κ2) is 6.19. The standard InChI is InChI=1S/C10H13ClF3N3O/c1-6-7(2)17-9(8(11)16-6)15-3-4-18-5-10(12,13)14/h3-5H2,1-2H3,(H,15,17). The van der Waals surface area contributed by atoms with Gasteiger partial charge in [0.25, 0.3) is 0 Å². The maximum absolute atomic E-state index is 11.8. The van der Waals surface area contributed by atoms with E-state index < -0.39 is 12.8 Å². The Morgan fingerprint density at radius 1 is 1.22 bits per heavy atom. The van der Waals surface area contributed by atoms with E-state index in [1.165, 1.54) is 0 Å². The van der Waals surface area contributed by atoms with Crippen molar-refractivity contribution < 1.29 is 17.9 Å². The van der Waals surface area contributed by atoms with Gasteiger partial charge in [0.1, 0.15) is 6.61 Å². The van der Waals surface area contributed by atoms with Gasteiger partial charge < -0.3 is 10.1 Å². The molecule has 0 fully saturated rings. The Hall–Kier alpha value is -1.08. The summed E-state index contributed by atoms with van der Waals surface area (Å²) in [6.45, 7) is 2.35. The average molecular weight is 284 g/mol. The SMILES string of the molecule is Cc1nc(Cl)c(NCCOCC(F)(F)F)nc1C. The lowest BCUT2D eigenvalue weighted by atomic mass is 10.3. The lowest BCUT2D eigenvalue weighted by Gasteiger charge is -2.10. The third kappa shape index (κ3) is 5.05.